The van der Waals surface area contributed by atoms with Crippen molar-refractivity contribution < 1.29 is 9.18 Å². The molecule has 0 saturated heterocycles. The second-order valence-corrected chi connectivity index (χ2v) is 6.94. The maximum absolute atomic E-state index is 12.9. The van der Waals surface area contributed by atoms with Crippen molar-refractivity contribution in [2.75, 3.05) is 6.54 Å². The van der Waals surface area contributed by atoms with Crippen LogP contribution in [-0.4, -0.2) is 18.5 Å². The number of nitrogens with two attached hydrogens (primary N) is 1. The van der Waals surface area contributed by atoms with Crippen LogP contribution in [0.2, 0.25) is 0 Å². The normalized spacial score (nSPS) is 14.6. The van der Waals surface area contributed by atoms with Gasteiger partial charge in [-0.1, -0.05) is 32.9 Å². The lowest BCUT2D eigenvalue weighted by Crippen LogP contribution is -2.42. The van der Waals surface area contributed by atoms with Gasteiger partial charge in [0.15, 0.2) is 0 Å². The maximum atomic E-state index is 12.9. The van der Waals surface area contributed by atoms with E-state index in [4.69, 9.17) is 5.73 Å². The number of amides is 1. The molecule has 21 heavy (non-hydrogen) atoms. The number of benzene rings is 1. The van der Waals surface area contributed by atoms with Crippen LogP contribution >= 0.6 is 0 Å². The summed E-state index contributed by atoms with van der Waals surface area (Å²) in [5.74, 6) is -0.411. The van der Waals surface area contributed by atoms with Crippen molar-refractivity contribution in [1.82, 2.24) is 5.32 Å². The zero-order valence-corrected chi connectivity index (χ0v) is 13.4. The van der Waals surface area contributed by atoms with Crippen molar-refractivity contribution in [3.05, 3.63) is 35.6 Å². The van der Waals surface area contributed by atoms with Crippen molar-refractivity contribution >= 4 is 5.91 Å². The van der Waals surface area contributed by atoms with Gasteiger partial charge in [-0.15, -0.1) is 0 Å². The summed E-state index contributed by atoms with van der Waals surface area (Å²) in [6.45, 7) is 8.61. The standard InChI is InChI=1S/C17H27FN2O/c1-12(9-13-5-7-15(18)8-6-13)20-16(21)14(11-19)10-17(2,3)4/h5-8,12,14H,9-11,19H2,1-4H3,(H,20,21). The summed E-state index contributed by atoms with van der Waals surface area (Å²) >= 11 is 0. The van der Waals surface area contributed by atoms with Crippen LogP contribution in [0.4, 0.5) is 4.39 Å². The summed E-state index contributed by atoms with van der Waals surface area (Å²) < 4.78 is 12.9. The number of carbonyl (C=O) groups is 1. The Bertz CT molecular complexity index is 451. The molecule has 3 N–H and O–H groups in total. The highest BCUT2D eigenvalue weighted by Crippen LogP contribution is 2.24. The molecule has 2 atom stereocenters. The summed E-state index contributed by atoms with van der Waals surface area (Å²) in [5, 5.41) is 3.00. The molecule has 1 aromatic rings. The second kappa shape index (κ2) is 7.55. The van der Waals surface area contributed by atoms with E-state index in [9.17, 15) is 9.18 Å². The third-order valence-electron chi connectivity index (χ3n) is 3.36. The minimum absolute atomic E-state index is 0.00189. The van der Waals surface area contributed by atoms with Crippen molar-refractivity contribution in [3.8, 4) is 0 Å². The zero-order valence-electron chi connectivity index (χ0n) is 13.4. The van der Waals surface area contributed by atoms with Crippen LogP contribution < -0.4 is 11.1 Å². The summed E-state index contributed by atoms with van der Waals surface area (Å²) in [4.78, 5) is 12.3. The fourth-order valence-corrected chi connectivity index (χ4v) is 2.41. The topological polar surface area (TPSA) is 55.1 Å². The quantitative estimate of drug-likeness (QED) is 0.847. The largest absolute Gasteiger partial charge is 0.353 e. The van der Waals surface area contributed by atoms with Gasteiger partial charge in [-0.2, -0.15) is 0 Å². The first kappa shape index (κ1) is 17.6. The molecule has 0 fully saturated rings. The maximum Gasteiger partial charge on any atom is 0.224 e. The van der Waals surface area contributed by atoms with E-state index in [1.54, 1.807) is 12.1 Å². The smallest absolute Gasteiger partial charge is 0.224 e. The Kier molecular flexibility index (Phi) is 6.34. The molecule has 1 aromatic carbocycles. The highest BCUT2D eigenvalue weighted by atomic mass is 19.1. The first-order valence-corrected chi connectivity index (χ1v) is 7.46. The Morgan fingerprint density at radius 1 is 1.29 bits per heavy atom. The van der Waals surface area contributed by atoms with Crippen LogP contribution in [0.25, 0.3) is 0 Å². The van der Waals surface area contributed by atoms with Gasteiger partial charge in [0.25, 0.3) is 0 Å². The van der Waals surface area contributed by atoms with E-state index in [0.717, 1.165) is 12.0 Å². The second-order valence-electron chi connectivity index (χ2n) is 6.94. The number of hydrogen-bond donors (Lipinski definition) is 2. The fourth-order valence-electron chi connectivity index (χ4n) is 2.41. The summed E-state index contributed by atoms with van der Waals surface area (Å²) in [6, 6.07) is 6.36. The minimum Gasteiger partial charge on any atom is -0.353 e. The Morgan fingerprint density at radius 3 is 2.33 bits per heavy atom. The Labute approximate surface area is 127 Å². The lowest BCUT2D eigenvalue weighted by molar-refractivity contribution is -0.126. The molecule has 0 saturated carbocycles. The predicted octanol–water partition coefficient (Wildman–Crippen LogP) is 2.88. The average Bonchev–Trinajstić information content (AvgIpc) is 2.37. The highest BCUT2D eigenvalue weighted by molar-refractivity contribution is 5.79. The van der Waals surface area contributed by atoms with E-state index in [2.05, 4.69) is 26.1 Å². The van der Waals surface area contributed by atoms with E-state index >= 15 is 0 Å². The number of carbonyl (C=O) groups excluding carboxylic acids is 1. The van der Waals surface area contributed by atoms with Crippen molar-refractivity contribution in [1.29, 1.82) is 0 Å². The molecule has 0 spiro atoms. The molecule has 0 radical (unpaired) electrons. The summed E-state index contributed by atoms with van der Waals surface area (Å²) in [5.41, 5.74) is 6.80. The number of nitrogens with one attached hydrogen (secondary N) is 1. The van der Waals surface area contributed by atoms with E-state index in [-0.39, 0.29) is 29.1 Å². The molecule has 118 valence electrons. The van der Waals surface area contributed by atoms with Crippen molar-refractivity contribution in [2.24, 2.45) is 17.1 Å². The van der Waals surface area contributed by atoms with Crippen LogP contribution in [0.5, 0.6) is 0 Å². The molecular formula is C17H27FN2O. The average molecular weight is 294 g/mol. The molecule has 0 aliphatic rings. The monoisotopic (exact) mass is 294 g/mol. The van der Waals surface area contributed by atoms with Gasteiger partial charge >= 0.3 is 0 Å². The van der Waals surface area contributed by atoms with Gasteiger partial charge in [-0.3, -0.25) is 4.79 Å². The molecule has 0 aliphatic carbocycles. The van der Waals surface area contributed by atoms with Crippen molar-refractivity contribution in [3.63, 3.8) is 0 Å². The lowest BCUT2D eigenvalue weighted by Gasteiger charge is -2.25. The molecule has 0 aromatic heterocycles. The van der Waals surface area contributed by atoms with E-state index in [0.29, 0.717) is 13.0 Å². The van der Waals surface area contributed by atoms with Crippen LogP contribution in [0.3, 0.4) is 0 Å². The summed E-state index contributed by atoms with van der Waals surface area (Å²) in [6.07, 6.45) is 1.44. The van der Waals surface area contributed by atoms with Crippen molar-refractivity contribution in [2.45, 2.75) is 46.6 Å². The molecular weight excluding hydrogens is 267 g/mol. The molecule has 0 bridgehead atoms. The summed E-state index contributed by atoms with van der Waals surface area (Å²) in [7, 11) is 0. The SMILES string of the molecule is CC(Cc1ccc(F)cc1)NC(=O)C(CN)CC(C)(C)C. The molecule has 4 heteroatoms. The minimum atomic E-state index is -0.246. The molecule has 0 aliphatic heterocycles. The van der Waals surface area contributed by atoms with E-state index < -0.39 is 0 Å². The molecule has 1 amide bonds. The van der Waals surface area contributed by atoms with Crippen LogP contribution in [0.15, 0.2) is 24.3 Å². The first-order chi connectivity index (χ1) is 9.71. The van der Waals surface area contributed by atoms with Crippen LogP contribution in [0.1, 0.15) is 39.7 Å². The van der Waals surface area contributed by atoms with Gasteiger partial charge in [-0.25, -0.2) is 4.39 Å². The number of halogens is 1. The van der Waals surface area contributed by atoms with Gasteiger partial charge in [0, 0.05) is 12.6 Å². The Balaban J connectivity index is 2.54. The number of rotatable bonds is 6. The fraction of sp³-hybridized carbons (Fsp3) is 0.588. The number of hydrogen-bond acceptors (Lipinski definition) is 2. The zero-order chi connectivity index (χ0) is 16.0. The highest BCUT2D eigenvalue weighted by Gasteiger charge is 2.24. The Morgan fingerprint density at radius 2 is 1.86 bits per heavy atom. The van der Waals surface area contributed by atoms with Gasteiger partial charge in [0.1, 0.15) is 5.82 Å². The lowest BCUT2D eigenvalue weighted by atomic mass is 9.84. The van der Waals surface area contributed by atoms with Crippen LogP contribution in [-0.2, 0) is 11.2 Å². The van der Waals surface area contributed by atoms with Gasteiger partial charge in [0.2, 0.25) is 5.91 Å². The molecule has 2 unspecified atom stereocenters. The molecule has 0 heterocycles. The third-order valence-corrected chi connectivity index (χ3v) is 3.36. The predicted molar refractivity (Wildman–Crippen MR) is 84.3 cm³/mol. The molecule has 1 rings (SSSR count). The third kappa shape index (κ3) is 6.71. The van der Waals surface area contributed by atoms with E-state index in [1.807, 2.05) is 6.92 Å². The Hall–Kier alpha value is -1.42. The van der Waals surface area contributed by atoms with Gasteiger partial charge < -0.3 is 11.1 Å². The first-order valence-electron chi connectivity index (χ1n) is 7.46. The van der Waals surface area contributed by atoms with Gasteiger partial charge in [0.05, 0.1) is 5.92 Å². The van der Waals surface area contributed by atoms with Gasteiger partial charge in [-0.05, 0) is 42.9 Å². The van der Waals surface area contributed by atoms with E-state index in [1.165, 1.54) is 12.1 Å². The molecule has 3 nitrogen and oxygen atoms in total. The van der Waals surface area contributed by atoms with Crippen LogP contribution in [0, 0.1) is 17.2 Å².